The molecule has 3 aromatic heterocycles. The molecule has 0 radical (unpaired) electrons. The standard InChI is InChI=1S/C21H21N7O2/c1-14-4-6-16(7-5-14)13-28-17-18(26(2)21(30)27(3)19(17)29)24-20(28)25-23-12-15-8-10-22-11-9-15/h4-12H,13H2,1-3H3,(H,24,25)/b23-12-. The minimum absolute atomic E-state index is 0.303. The summed E-state index contributed by atoms with van der Waals surface area (Å²) in [6.07, 6.45) is 4.98. The Labute approximate surface area is 172 Å². The van der Waals surface area contributed by atoms with Crippen LogP contribution < -0.4 is 16.7 Å². The van der Waals surface area contributed by atoms with Crippen molar-refractivity contribution in [1.82, 2.24) is 23.7 Å². The van der Waals surface area contributed by atoms with Gasteiger partial charge in [-0.15, -0.1) is 0 Å². The smallest absolute Gasteiger partial charge is 0.298 e. The maximum atomic E-state index is 12.9. The second kappa shape index (κ2) is 7.78. The van der Waals surface area contributed by atoms with Crippen LogP contribution in [0.2, 0.25) is 0 Å². The number of hydrogen-bond donors (Lipinski definition) is 1. The Morgan fingerprint density at radius 2 is 1.73 bits per heavy atom. The van der Waals surface area contributed by atoms with Crippen molar-refractivity contribution in [2.75, 3.05) is 5.43 Å². The van der Waals surface area contributed by atoms with E-state index >= 15 is 0 Å². The Kier molecular flexibility index (Phi) is 5.01. The van der Waals surface area contributed by atoms with E-state index in [1.807, 2.05) is 43.3 Å². The Balaban J connectivity index is 1.83. The van der Waals surface area contributed by atoms with Crippen LogP contribution in [0, 0.1) is 6.92 Å². The van der Waals surface area contributed by atoms with Gasteiger partial charge in [-0.05, 0) is 30.2 Å². The van der Waals surface area contributed by atoms with E-state index in [9.17, 15) is 9.59 Å². The third-order valence-electron chi connectivity index (χ3n) is 4.89. The third kappa shape index (κ3) is 3.52. The van der Waals surface area contributed by atoms with Gasteiger partial charge in [-0.3, -0.25) is 23.5 Å². The lowest BCUT2D eigenvalue weighted by molar-refractivity contribution is 0.702. The molecule has 0 amide bonds. The molecule has 4 rings (SSSR count). The molecular formula is C21H21N7O2. The molecule has 0 fully saturated rings. The number of nitrogens with one attached hydrogen (secondary N) is 1. The highest BCUT2D eigenvalue weighted by Crippen LogP contribution is 2.18. The predicted molar refractivity (Wildman–Crippen MR) is 116 cm³/mol. The van der Waals surface area contributed by atoms with Gasteiger partial charge in [0.1, 0.15) is 0 Å². The number of hydrogen-bond acceptors (Lipinski definition) is 6. The summed E-state index contributed by atoms with van der Waals surface area (Å²) in [6.45, 7) is 2.42. The van der Waals surface area contributed by atoms with Crippen LogP contribution in [0.25, 0.3) is 11.2 Å². The molecule has 3 heterocycles. The first-order valence-corrected chi connectivity index (χ1v) is 9.36. The SMILES string of the molecule is Cc1ccc(Cn2c(N/N=C\c3ccncc3)nc3c2c(=O)n(C)c(=O)n3C)cc1. The summed E-state index contributed by atoms with van der Waals surface area (Å²) >= 11 is 0. The quantitative estimate of drug-likeness (QED) is 0.403. The highest BCUT2D eigenvalue weighted by atomic mass is 16.2. The number of benzene rings is 1. The monoisotopic (exact) mass is 403 g/mol. The highest BCUT2D eigenvalue weighted by Gasteiger charge is 2.19. The van der Waals surface area contributed by atoms with Crippen molar-refractivity contribution < 1.29 is 0 Å². The van der Waals surface area contributed by atoms with Crippen LogP contribution >= 0.6 is 0 Å². The van der Waals surface area contributed by atoms with Crippen LogP contribution in [0.5, 0.6) is 0 Å². The maximum Gasteiger partial charge on any atom is 0.332 e. The molecule has 30 heavy (non-hydrogen) atoms. The van der Waals surface area contributed by atoms with Gasteiger partial charge in [-0.1, -0.05) is 29.8 Å². The van der Waals surface area contributed by atoms with E-state index in [0.717, 1.165) is 21.3 Å². The number of nitrogens with zero attached hydrogens (tertiary/aromatic N) is 6. The molecule has 9 nitrogen and oxygen atoms in total. The molecule has 0 aliphatic heterocycles. The van der Waals surface area contributed by atoms with E-state index < -0.39 is 11.2 Å². The molecule has 4 aromatic rings. The fourth-order valence-electron chi connectivity index (χ4n) is 3.18. The van der Waals surface area contributed by atoms with Crippen molar-refractivity contribution in [1.29, 1.82) is 0 Å². The molecule has 0 saturated carbocycles. The number of rotatable bonds is 5. The molecule has 0 aliphatic rings. The fraction of sp³-hybridized carbons (Fsp3) is 0.190. The van der Waals surface area contributed by atoms with Crippen LogP contribution in [0.4, 0.5) is 5.95 Å². The Hall–Kier alpha value is -4.01. The van der Waals surface area contributed by atoms with Gasteiger partial charge < -0.3 is 0 Å². The van der Waals surface area contributed by atoms with Gasteiger partial charge >= 0.3 is 5.69 Å². The molecule has 9 heteroatoms. The number of aromatic nitrogens is 5. The van der Waals surface area contributed by atoms with Crippen molar-refractivity contribution in [2.24, 2.45) is 19.2 Å². The number of aryl methyl sites for hydroxylation is 2. The maximum absolute atomic E-state index is 12.9. The normalized spacial score (nSPS) is 11.4. The highest BCUT2D eigenvalue weighted by molar-refractivity contribution is 5.80. The second-order valence-electron chi connectivity index (χ2n) is 7.04. The average Bonchev–Trinajstić information content (AvgIpc) is 3.11. The van der Waals surface area contributed by atoms with E-state index in [1.165, 1.54) is 11.6 Å². The molecule has 1 N–H and O–H groups in total. The molecule has 0 unspecified atom stereocenters. The molecule has 0 saturated heterocycles. The van der Waals surface area contributed by atoms with Crippen LogP contribution in [-0.4, -0.2) is 29.9 Å². The van der Waals surface area contributed by atoms with E-state index in [4.69, 9.17) is 0 Å². The minimum atomic E-state index is -0.431. The predicted octanol–water partition coefficient (Wildman–Crippen LogP) is 1.63. The number of hydrazone groups is 1. The van der Waals surface area contributed by atoms with E-state index in [2.05, 4.69) is 20.5 Å². The van der Waals surface area contributed by atoms with Crippen LogP contribution in [0.1, 0.15) is 16.7 Å². The van der Waals surface area contributed by atoms with Crippen LogP contribution in [-0.2, 0) is 20.6 Å². The van der Waals surface area contributed by atoms with Crippen molar-refractivity contribution in [3.05, 3.63) is 86.3 Å². The summed E-state index contributed by atoms with van der Waals surface area (Å²) in [6, 6.07) is 11.7. The van der Waals surface area contributed by atoms with Crippen molar-refractivity contribution in [3.63, 3.8) is 0 Å². The largest absolute Gasteiger partial charge is 0.332 e. The molecule has 0 aliphatic carbocycles. The zero-order valence-electron chi connectivity index (χ0n) is 16.9. The molecule has 0 bridgehead atoms. The van der Waals surface area contributed by atoms with Gasteiger partial charge in [0.25, 0.3) is 5.56 Å². The van der Waals surface area contributed by atoms with Crippen molar-refractivity contribution in [2.45, 2.75) is 13.5 Å². The van der Waals surface area contributed by atoms with Crippen molar-refractivity contribution in [3.8, 4) is 0 Å². The zero-order chi connectivity index (χ0) is 21.3. The Morgan fingerprint density at radius 3 is 2.43 bits per heavy atom. The second-order valence-corrected chi connectivity index (χ2v) is 7.04. The lowest BCUT2D eigenvalue weighted by Crippen LogP contribution is -2.37. The van der Waals surface area contributed by atoms with Gasteiger partial charge in [0.2, 0.25) is 5.95 Å². The Bertz CT molecular complexity index is 1350. The fourth-order valence-corrected chi connectivity index (χ4v) is 3.18. The molecule has 1 aromatic carbocycles. The summed E-state index contributed by atoms with van der Waals surface area (Å²) in [5.74, 6) is 0.370. The van der Waals surface area contributed by atoms with Gasteiger partial charge in [-0.25, -0.2) is 10.2 Å². The summed E-state index contributed by atoms with van der Waals surface area (Å²) in [5.41, 5.74) is 5.72. The van der Waals surface area contributed by atoms with Gasteiger partial charge in [0, 0.05) is 26.5 Å². The average molecular weight is 403 g/mol. The topological polar surface area (TPSA) is 99.1 Å². The van der Waals surface area contributed by atoms with E-state index in [1.54, 1.807) is 30.2 Å². The summed E-state index contributed by atoms with van der Waals surface area (Å²) in [7, 11) is 3.05. The summed E-state index contributed by atoms with van der Waals surface area (Å²) in [5, 5.41) is 4.25. The first kappa shape index (κ1) is 19.3. The van der Waals surface area contributed by atoms with Crippen LogP contribution in [0.3, 0.4) is 0 Å². The number of imidazole rings is 1. The zero-order valence-corrected chi connectivity index (χ0v) is 16.9. The number of anilines is 1. The molecule has 152 valence electrons. The lowest BCUT2D eigenvalue weighted by Gasteiger charge is -2.09. The minimum Gasteiger partial charge on any atom is -0.298 e. The third-order valence-corrected chi connectivity index (χ3v) is 4.89. The summed E-state index contributed by atoms with van der Waals surface area (Å²) in [4.78, 5) is 33.7. The van der Waals surface area contributed by atoms with E-state index in [-0.39, 0.29) is 0 Å². The van der Waals surface area contributed by atoms with Crippen molar-refractivity contribution >= 4 is 23.3 Å². The molecule has 0 spiro atoms. The first-order valence-electron chi connectivity index (χ1n) is 9.36. The molecular weight excluding hydrogens is 382 g/mol. The first-order chi connectivity index (χ1) is 14.5. The van der Waals surface area contributed by atoms with Gasteiger partial charge in [-0.2, -0.15) is 10.1 Å². The van der Waals surface area contributed by atoms with Gasteiger partial charge in [0.15, 0.2) is 11.2 Å². The van der Waals surface area contributed by atoms with Gasteiger partial charge in [0.05, 0.1) is 12.8 Å². The summed E-state index contributed by atoms with van der Waals surface area (Å²) < 4.78 is 4.19. The molecule has 0 atom stereocenters. The number of fused-ring (bicyclic) bond motifs is 1. The lowest BCUT2D eigenvalue weighted by atomic mass is 10.1. The number of pyridine rings is 1. The van der Waals surface area contributed by atoms with Crippen LogP contribution in [0.15, 0.2) is 63.5 Å². The Morgan fingerprint density at radius 1 is 1.03 bits per heavy atom. The van der Waals surface area contributed by atoms with E-state index in [0.29, 0.717) is 23.7 Å².